The molecule has 2 N–H and O–H groups in total. The van der Waals surface area contributed by atoms with Gasteiger partial charge in [0, 0.05) is 28.6 Å². The van der Waals surface area contributed by atoms with E-state index in [4.69, 9.17) is 5.73 Å². The number of hydrogen-bond donors (Lipinski definition) is 1. The highest BCUT2D eigenvalue weighted by molar-refractivity contribution is 7.15. The maximum Gasteiger partial charge on any atom is 0.324 e. The van der Waals surface area contributed by atoms with Gasteiger partial charge in [-0.25, -0.2) is 4.39 Å². The lowest BCUT2D eigenvalue weighted by atomic mass is 9.69. The van der Waals surface area contributed by atoms with Gasteiger partial charge < -0.3 is 5.73 Å². The van der Waals surface area contributed by atoms with Gasteiger partial charge in [-0.05, 0) is 36.1 Å². The van der Waals surface area contributed by atoms with E-state index in [1.54, 1.807) is 17.0 Å². The number of benzene rings is 1. The topological polar surface area (TPSA) is 113 Å². The van der Waals surface area contributed by atoms with E-state index in [0.29, 0.717) is 28.3 Å². The summed E-state index contributed by atoms with van der Waals surface area (Å²) in [4.78, 5) is 26.1. The van der Waals surface area contributed by atoms with E-state index in [9.17, 15) is 24.6 Å². The molecule has 1 aliphatic heterocycles. The summed E-state index contributed by atoms with van der Waals surface area (Å²) >= 11 is 0.921. The van der Waals surface area contributed by atoms with Crippen LogP contribution in [0.2, 0.25) is 0 Å². The van der Waals surface area contributed by atoms with E-state index in [-0.39, 0.29) is 34.0 Å². The van der Waals surface area contributed by atoms with Crippen LogP contribution in [-0.4, -0.2) is 10.7 Å². The average molecular weight is 438 g/mol. The molecule has 0 spiro atoms. The molecule has 0 fully saturated rings. The van der Waals surface area contributed by atoms with Crippen LogP contribution >= 0.6 is 11.3 Å². The second-order valence-electron chi connectivity index (χ2n) is 8.39. The minimum absolute atomic E-state index is 0.0795. The number of carbonyl (C=O) groups is 1. The first kappa shape index (κ1) is 20.8. The fraction of sp³-hybridized carbons (Fsp3) is 0.273. The van der Waals surface area contributed by atoms with Crippen molar-refractivity contribution in [1.82, 2.24) is 0 Å². The van der Waals surface area contributed by atoms with Crippen molar-refractivity contribution in [3.05, 3.63) is 79.9 Å². The standard InChI is InChI=1S/C22H19FN4O3S/c1-22(2)9-15-20(16(28)10-22)19(17-6-7-18(31-17)27(29)30)14(11-24)21(25)26(15)13-5-3-4-12(23)8-13/h3-8,19H,9-10,25H2,1-2H3. The highest BCUT2D eigenvalue weighted by Gasteiger charge is 2.45. The number of allylic oxidation sites excluding steroid dienone is 3. The van der Waals surface area contributed by atoms with Crippen molar-refractivity contribution in [3.8, 4) is 6.07 Å². The first-order chi connectivity index (χ1) is 14.6. The van der Waals surface area contributed by atoms with Gasteiger partial charge >= 0.3 is 5.00 Å². The lowest BCUT2D eigenvalue weighted by molar-refractivity contribution is -0.380. The molecule has 1 atom stereocenters. The van der Waals surface area contributed by atoms with Crippen LogP contribution in [-0.2, 0) is 4.79 Å². The van der Waals surface area contributed by atoms with Gasteiger partial charge in [0.25, 0.3) is 0 Å². The van der Waals surface area contributed by atoms with Crippen LogP contribution in [0.3, 0.4) is 0 Å². The third kappa shape index (κ3) is 3.49. The molecule has 0 radical (unpaired) electrons. The number of nitriles is 1. The minimum atomic E-state index is -0.785. The number of carbonyl (C=O) groups excluding carboxylic acids is 1. The summed E-state index contributed by atoms with van der Waals surface area (Å²) < 4.78 is 14.0. The van der Waals surface area contributed by atoms with Gasteiger partial charge in [0.2, 0.25) is 0 Å². The smallest absolute Gasteiger partial charge is 0.324 e. The molecule has 1 unspecified atom stereocenters. The van der Waals surface area contributed by atoms with E-state index in [1.165, 1.54) is 24.3 Å². The highest BCUT2D eigenvalue weighted by atomic mass is 32.1. The normalized spacial score (nSPS) is 20.5. The number of nitro groups is 1. The third-order valence-electron chi connectivity index (χ3n) is 5.52. The second-order valence-corrected chi connectivity index (χ2v) is 9.49. The van der Waals surface area contributed by atoms with Crippen LogP contribution in [0.25, 0.3) is 0 Å². The Bertz CT molecular complexity index is 1220. The summed E-state index contributed by atoms with van der Waals surface area (Å²) in [6.07, 6.45) is 0.749. The molecule has 1 aromatic heterocycles. The number of nitrogens with zero attached hydrogens (tertiary/aromatic N) is 3. The molecule has 31 heavy (non-hydrogen) atoms. The molecule has 2 aliphatic rings. The molecule has 0 saturated carbocycles. The first-order valence-corrected chi connectivity index (χ1v) is 10.4. The van der Waals surface area contributed by atoms with Crippen LogP contribution in [0.5, 0.6) is 0 Å². The molecule has 0 amide bonds. The lowest BCUT2D eigenvalue weighted by Crippen LogP contribution is -2.42. The Balaban J connectivity index is 1.99. The molecule has 4 rings (SSSR count). The van der Waals surface area contributed by atoms with Gasteiger partial charge in [-0.3, -0.25) is 19.8 Å². The number of hydrogen-bond acceptors (Lipinski definition) is 7. The molecule has 7 nitrogen and oxygen atoms in total. The van der Waals surface area contributed by atoms with Gasteiger partial charge in [0.05, 0.1) is 28.2 Å². The largest absolute Gasteiger partial charge is 0.384 e. The Hall–Kier alpha value is -3.51. The quantitative estimate of drug-likeness (QED) is 0.547. The zero-order valence-corrected chi connectivity index (χ0v) is 17.7. The van der Waals surface area contributed by atoms with Crippen molar-refractivity contribution >= 4 is 27.8 Å². The summed E-state index contributed by atoms with van der Waals surface area (Å²) in [6.45, 7) is 3.92. The maximum atomic E-state index is 14.0. The molecule has 1 aliphatic carbocycles. The fourth-order valence-electron chi connectivity index (χ4n) is 4.30. The van der Waals surface area contributed by atoms with E-state index < -0.39 is 16.7 Å². The van der Waals surface area contributed by atoms with E-state index in [0.717, 1.165) is 11.3 Å². The molecule has 0 bridgehead atoms. The first-order valence-electron chi connectivity index (χ1n) is 9.59. The summed E-state index contributed by atoms with van der Waals surface area (Å²) in [5.41, 5.74) is 7.60. The molecular formula is C22H19FN4O3S. The Morgan fingerprint density at radius 1 is 1.32 bits per heavy atom. The van der Waals surface area contributed by atoms with Gasteiger partial charge in [0.1, 0.15) is 11.6 Å². The SMILES string of the molecule is CC1(C)CC(=O)C2=C(C1)N(c1cccc(F)c1)C(N)=C(C#N)C2c1ccc([N+](=O)[O-])s1. The third-order valence-corrected chi connectivity index (χ3v) is 6.63. The lowest BCUT2D eigenvalue weighted by Gasteiger charge is -2.43. The number of thiophene rings is 1. The van der Waals surface area contributed by atoms with E-state index >= 15 is 0 Å². The summed E-state index contributed by atoms with van der Waals surface area (Å²) in [5.74, 6) is -1.30. The van der Waals surface area contributed by atoms with Crippen LogP contribution < -0.4 is 10.6 Å². The molecule has 1 aromatic carbocycles. The fourth-order valence-corrected chi connectivity index (χ4v) is 5.24. The number of halogens is 1. The van der Waals surface area contributed by atoms with Crippen molar-refractivity contribution in [3.63, 3.8) is 0 Å². The monoisotopic (exact) mass is 438 g/mol. The Labute approximate surface area is 182 Å². The zero-order valence-electron chi connectivity index (χ0n) is 16.9. The summed E-state index contributed by atoms with van der Waals surface area (Å²) in [5, 5.41) is 21.1. The highest BCUT2D eigenvalue weighted by Crippen LogP contribution is 2.51. The number of nitrogens with two attached hydrogens (primary N) is 1. The van der Waals surface area contributed by atoms with Crippen LogP contribution in [0.4, 0.5) is 15.1 Å². The van der Waals surface area contributed by atoms with Crippen molar-refractivity contribution in [1.29, 1.82) is 5.26 Å². The molecule has 2 heterocycles. The predicted molar refractivity (Wildman–Crippen MR) is 114 cm³/mol. The van der Waals surface area contributed by atoms with Crippen LogP contribution in [0.15, 0.2) is 59.1 Å². The molecule has 158 valence electrons. The number of Topliss-reactive ketones (excluding diaryl/α,β-unsaturated/α-hetero) is 1. The second kappa shape index (κ2) is 7.32. The van der Waals surface area contributed by atoms with Gasteiger partial charge in [-0.15, -0.1) is 0 Å². The zero-order chi connectivity index (χ0) is 22.5. The molecule has 9 heteroatoms. The number of anilines is 1. The van der Waals surface area contributed by atoms with Crippen molar-refractivity contribution in [2.75, 3.05) is 4.90 Å². The molecule has 0 saturated heterocycles. The van der Waals surface area contributed by atoms with Gasteiger partial charge in [-0.2, -0.15) is 5.26 Å². The molecular weight excluding hydrogens is 419 g/mol. The minimum Gasteiger partial charge on any atom is -0.384 e. The van der Waals surface area contributed by atoms with E-state index in [1.807, 2.05) is 13.8 Å². The Morgan fingerprint density at radius 2 is 2.06 bits per heavy atom. The summed E-state index contributed by atoms with van der Waals surface area (Å²) in [7, 11) is 0. The Kier molecular flexibility index (Phi) is 4.90. The average Bonchev–Trinajstić information content (AvgIpc) is 3.16. The predicted octanol–water partition coefficient (Wildman–Crippen LogP) is 4.74. The number of rotatable bonds is 3. The van der Waals surface area contributed by atoms with Crippen molar-refractivity contribution < 1.29 is 14.1 Å². The van der Waals surface area contributed by atoms with Crippen LogP contribution in [0, 0.1) is 32.7 Å². The van der Waals surface area contributed by atoms with Crippen molar-refractivity contribution in [2.24, 2.45) is 11.1 Å². The summed E-state index contributed by atoms with van der Waals surface area (Å²) in [6, 6.07) is 10.8. The van der Waals surface area contributed by atoms with Gasteiger partial charge in [0.15, 0.2) is 5.78 Å². The van der Waals surface area contributed by atoms with Crippen LogP contribution in [0.1, 0.15) is 37.5 Å². The molecule has 2 aromatic rings. The van der Waals surface area contributed by atoms with Crippen molar-refractivity contribution in [2.45, 2.75) is 32.6 Å². The maximum absolute atomic E-state index is 14.0. The van der Waals surface area contributed by atoms with Gasteiger partial charge in [-0.1, -0.05) is 31.3 Å². The number of ketones is 1. The Morgan fingerprint density at radius 3 is 2.68 bits per heavy atom. The van der Waals surface area contributed by atoms with E-state index in [2.05, 4.69) is 6.07 Å².